The SMILES string of the molecule is COC(=O)C(O)Cc1ncccc1F. The van der Waals surface area contributed by atoms with E-state index in [0.29, 0.717) is 0 Å². The number of pyridine rings is 1. The number of rotatable bonds is 3. The Morgan fingerprint density at radius 1 is 1.79 bits per heavy atom. The zero-order valence-corrected chi connectivity index (χ0v) is 7.61. The molecule has 14 heavy (non-hydrogen) atoms. The molecule has 1 aromatic rings. The molecule has 5 heteroatoms. The van der Waals surface area contributed by atoms with Gasteiger partial charge in [0.25, 0.3) is 0 Å². The van der Waals surface area contributed by atoms with Crippen molar-refractivity contribution in [2.75, 3.05) is 7.11 Å². The van der Waals surface area contributed by atoms with Gasteiger partial charge in [-0.1, -0.05) is 0 Å². The standard InChI is InChI=1S/C9H10FNO3/c1-14-9(13)8(12)5-7-6(10)3-2-4-11-7/h2-4,8,12H,5H2,1H3. The number of aliphatic hydroxyl groups excluding tert-OH is 1. The van der Waals surface area contributed by atoms with Gasteiger partial charge in [-0.05, 0) is 12.1 Å². The molecule has 0 bridgehead atoms. The Morgan fingerprint density at radius 2 is 2.50 bits per heavy atom. The van der Waals surface area contributed by atoms with Crippen LogP contribution in [0.5, 0.6) is 0 Å². The number of hydrogen-bond acceptors (Lipinski definition) is 4. The minimum Gasteiger partial charge on any atom is -0.467 e. The highest BCUT2D eigenvalue weighted by Crippen LogP contribution is 2.06. The predicted octanol–water partition coefficient (Wildman–Crippen LogP) is 0.297. The Hall–Kier alpha value is -1.49. The monoisotopic (exact) mass is 199 g/mol. The van der Waals surface area contributed by atoms with E-state index in [4.69, 9.17) is 0 Å². The van der Waals surface area contributed by atoms with Crippen molar-refractivity contribution >= 4 is 5.97 Å². The Balaban J connectivity index is 2.69. The lowest BCUT2D eigenvalue weighted by Gasteiger charge is -2.07. The highest BCUT2D eigenvalue weighted by atomic mass is 19.1. The first-order valence-electron chi connectivity index (χ1n) is 4.00. The third-order valence-electron chi connectivity index (χ3n) is 1.69. The molecule has 1 heterocycles. The minimum atomic E-state index is -1.37. The van der Waals surface area contributed by atoms with Crippen LogP contribution in [0.3, 0.4) is 0 Å². The summed E-state index contributed by atoms with van der Waals surface area (Å²) in [5.74, 6) is -1.34. The molecule has 0 amide bonds. The van der Waals surface area contributed by atoms with Gasteiger partial charge in [0.05, 0.1) is 12.8 Å². The smallest absolute Gasteiger partial charge is 0.335 e. The van der Waals surface area contributed by atoms with Gasteiger partial charge >= 0.3 is 5.97 Å². The second-order valence-electron chi connectivity index (χ2n) is 2.68. The number of carbonyl (C=O) groups excluding carboxylic acids is 1. The van der Waals surface area contributed by atoms with E-state index in [0.717, 1.165) is 7.11 Å². The van der Waals surface area contributed by atoms with Crippen molar-refractivity contribution in [3.8, 4) is 0 Å². The molecule has 1 rings (SSSR count). The number of esters is 1. The van der Waals surface area contributed by atoms with Crippen molar-refractivity contribution in [1.82, 2.24) is 4.98 Å². The van der Waals surface area contributed by atoms with Gasteiger partial charge < -0.3 is 9.84 Å². The van der Waals surface area contributed by atoms with Gasteiger partial charge in [-0.15, -0.1) is 0 Å². The molecular weight excluding hydrogens is 189 g/mol. The van der Waals surface area contributed by atoms with Crippen LogP contribution in [0.25, 0.3) is 0 Å². The molecule has 0 radical (unpaired) electrons. The number of hydrogen-bond donors (Lipinski definition) is 1. The molecule has 1 aromatic heterocycles. The number of halogens is 1. The van der Waals surface area contributed by atoms with Gasteiger partial charge in [0.15, 0.2) is 6.10 Å². The van der Waals surface area contributed by atoms with Gasteiger partial charge in [-0.2, -0.15) is 0 Å². The summed E-state index contributed by atoms with van der Waals surface area (Å²) in [5.41, 5.74) is 0.0467. The molecule has 0 aliphatic heterocycles. The van der Waals surface area contributed by atoms with E-state index >= 15 is 0 Å². The highest BCUT2D eigenvalue weighted by Gasteiger charge is 2.18. The normalized spacial score (nSPS) is 12.2. The van der Waals surface area contributed by atoms with E-state index in [1.165, 1.54) is 18.3 Å². The topological polar surface area (TPSA) is 59.4 Å². The Bertz CT molecular complexity index is 330. The Labute approximate surface area is 80.3 Å². The van der Waals surface area contributed by atoms with Gasteiger partial charge in [0.2, 0.25) is 0 Å². The third-order valence-corrected chi connectivity index (χ3v) is 1.69. The summed E-state index contributed by atoms with van der Waals surface area (Å²) >= 11 is 0. The zero-order chi connectivity index (χ0) is 10.6. The first-order chi connectivity index (χ1) is 6.65. The van der Waals surface area contributed by atoms with E-state index in [1.54, 1.807) is 0 Å². The van der Waals surface area contributed by atoms with Gasteiger partial charge in [0.1, 0.15) is 5.82 Å². The maximum Gasteiger partial charge on any atom is 0.335 e. The van der Waals surface area contributed by atoms with Crippen LogP contribution < -0.4 is 0 Å². The van der Waals surface area contributed by atoms with Crippen LogP contribution >= 0.6 is 0 Å². The van der Waals surface area contributed by atoms with Crippen molar-refractivity contribution < 1.29 is 19.0 Å². The largest absolute Gasteiger partial charge is 0.467 e. The number of ether oxygens (including phenoxy) is 1. The molecular formula is C9H10FNO3. The van der Waals surface area contributed by atoms with Crippen LogP contribution in [-0.2, 0) is 16.0 Å². The lowest BCUT2D eigenvalue weighted by Crippen LogP contribution is -2.25. The molecule has 1 N–H and O–H groups in total. The molecule has 1 unspecified atom stereocenters. The first kappa shape index (κ1) is 10.6. The fourth-order valence-corrected chi connectivity index (χ4v) is 0.971. The van der Waals surface area contributed by atoms with Crippen molar-refractivity contribution in [2.45, 2.75) is 12.5 Å². The van der Waals surface area contributed by atoms with Crippen LogP contribution in [0.15, 0.2) is 18.3 Å². The van der Waals surface area contributed by atoms with Crippen molar-refractivity contribution in [1.29, 1.82) is 0 Å². The first-order valence-corrected chi connectivity index (χ1v) is 4.00. The molecule has 0 saturated carbocycles. The fraction of sp³-hybridized carbons (Fsp3) is 0.333. The zero-order valence-electron chi connectivity index (χ0n) is 7.61. The lowest BCUT2D eigenvalue weighted by molar-refractivity contribution is -0.150. The molecule has 4 nitrogen and oxygen atoms in total. The van der Waals surface area contributed by atoms with E-state index in [-0.39, 0.29) is 12.1 Å². The summed E-state index contributed by atoms with van der Waals surface area (Å²) in [6, 6.07) is 2.65. The van der Waals surface area contributed by atoms with Crippen LogP contribution in [0, 0.1) is 5.82 Å². The van der Waals surface area contributed by atoms with E-state index in [2.05, 4.69) is 9.72 Å². The average Bonchev–Trinajstić information content (AvgIpc) is 2.20. The minimum absolute atomic E-state index is 0.0467. The van der Waals surface area contributed by atoms with Crippen molar-refractivity contribution in [3.63, 3.8) is 0 Å². The summed E-state index contributed by atoms with van der Waals surface area (Å²) in [6.45, 7) is 0. The van der Waals surface area contributed by atoms with Gasteiger partial charge in [-0.25, -0.2) is 9.18 Å². The third kappa shape index (κ3) is 2.50. The van der Waals surface area contributed by atoms with Crippen LogP contribution in [0.1, 0.15) is 5.69 Å². The van der Waals surface area contributed by atoms with E-state index < -0.39 is 17.9 Å². The van der Waals surface area contributed by atoms with Crippen molar-refractivity contribution in [2.24, 2.45) is 0 Å². The summed E-state index contributed by atoms with van der Waals surface area (Å²) in [6.07, 6.45) is -0.161. The second kappa shape index (κ2) is 4.66. The maximum atomic E-state index is 13.0. The second-order valence-corrected chi connectivity index (χ2v) is 2.68. The lowest BCUT2D eigenvalue weighted by atomic mass is 10.2. The molecule has 0 aliphatic carbocycles. The quantitative estimate of drug-likeness (QED) is 0.711. The summed E-state index contributed by atoms with van der Waals surface area (Å²) in [5, 5.41) is 9.21. The van der Waals surface area contributed by atoms with Gasteiger partial charge in [-0.3, -0.25) is 4.98 Å². The average molecular weight is 199 g/mol. The van der Waals surface area contributed by atoms with Crippen LogP contribution in [0.2, 0.25) is 0 Å². The number of nitrogens with zero attached hydrogens (tertiary/aromatic N) is 1. The number of aromatic nitrogens is 1. The fourth-order valence-electron chi connectivity index (χ4n) is 0.971. The van der Waals surface area contributed by atoms with Crippen LogP contribution in [-0.4, -0.2) is 29.3 Å². The number of methoxy groups -OCH3 is 1. The van der Waals surface area contributed by atoms with Crippen LogP contribution in [0.4, 0.5) is 4.39 Å². The molecule has 0 fully saturated rings. The Kier molecular flexibility index (Phi) is 3.53. The highest BCUT2D eigenvalue weighted by molar-refractivity contribution is 5.74. The molecule has 76 valence electrons. The molecule has 0 aromatic carbocycles. The Morgan fingerprint density at radius 3 is 3.07 bits per heavy atom. The van der Waals surface area contributed by atoms with E-state index in [9.17, 15) is 14.3 Å². The predicted molar refractivity (Wildman–Crippen MR) is 45.9 cm³/mol. The molecule has 0 aliphatic rings. The van der Waals surface area contributed by atoms with Crippen molar-refractivity contribution in [3.05, 3.63) is 29.8 Å². The summed E-state index contributed by atoms with van der Waals surface area (Å²) in [4.78, 5) is 14.5. The number of aliphatic hydroxyl groups is 1. The van der Waals surface area contributed by atoms with E-state index in [1.807, 2.05) is 0 Å². The summed E-state index contributed by atoms with van der Waals surface area (Å²) < 4.78 is 17.3. The number of carbonyl (C=O) groups is 1. The maximum absolute atomic E-state index is 13.0. The molecule has 0 saturated heterocycles. The van der Waals surface area contributed by atoms with Gasteiger partial charge in [0, 0.05) is 12.6 Å². The summed E-state index contributed by atoms with van der Waals surface area (Å²) in [7, 11) is 1.15. The molecule has 0 spiro atoms. The molecule has 1 atom stereocenters.